The van der Waals surface area contributed by atoms with Gasteiger partial charge in [0.2, 0.25) is 0 Å². The third-order valence-corrected chi connectivity index (χ3v) is 3.95. The summed E-state index contributed by atoms with van der Waals surface area (Å²) in [6.45, 7) is 4.88. The number of para-hydroxylation sites is 1. The molecule has 3 unspecified atom stereocenters. The molecule has 1 saturated heterocycles. The Bertz CT molecular complexity index is 579. The summed E-state index contributed by atoms with van der Waals surface area (Å²) in [7, 11) is 0. The van der Waals surface area contributed by atoms with Crippen LogP contribution in [0, 0.1) is 12.8 Å². The largest absolute Gasteiger partial charge is 0.459 e. The Labute approximate surface area is 112 Å². The number of nitrogens with two attached hydrogens (primary N) is 1. The minimum Gasteiger partial charge on any atom is -0.459 e. The van der Waals surface area contributed by atoms with Crippen LogP contribution in [0.3, 0.4) is 0 Å². The quantitative estimate of drug-likeness (QED) is 0.658. The highest BCUT2D eigenvalue weighted by Crippen LogP contribution is 2.34. The molecule has 3 rings (SSSR count). The summed E-state index contributed by atoms with van der Waals surface area (Å²) < 4.78 is 11.6. The third kappa shape index (κ3) is 2.27. The number of hydrogen-bond acceptors (Lipinski definition) is 4. The van der Waals surface area contributed by atoms with Crippen LogP contribution in [0.1, 0.15) is 30.7 Å². The molecule has 4 nitrogen and oxygen atoms in total. The number of hydrogen-bond donors (Lipinski definition) is 2. The van der Waals surface area contributed by atoms with Crippen molar-refractivity contribution >= 4 is 11.0 Å². The van der Waals surface area contributed by atoms with Gasteiger partial charge in [-0.05, 0) is 31.9 Å². The van der Waals surface area contributed by atoms with Crippen molar-refractivity contribution in [2.75, 3.05) is 6.61 Å². The summed E-state index contributed by atoms with van der Waals surface area (Å²) in [4.78, 5) is 0. The van der Waals surface area contributed by atoms with Gasteiger partial charge in [0.1, 0.15) is 11.3 Å². The molecule has 0 radical (unpaired) electrons. The molecule has 3 atom stereocenters. The molecule has 1 aromatic carbocycles. The normalized spacial score (nSPS) is 25.0. The zero-order valence-electron chi connectivity index (χ0n) is 11.3. The highest BCUT2D eigenvalue weighted by atomic mass is 16.5. The highest BCUT2D eigenvalue weighted by molar-refractivity contribution is 5.81. The summed E-state index contributed by atoms with van der Waals surface area (Å²) in [6, 6.07) is 8.26. The van der Waals surface area contributed by atoms with E-state index < -0.39 is 0 Å². The molecule has 1 aromatic heterocycles. The van der Waals surface area contributed by atoms with E-state index in [9.17, 15) is 0 Å². The lowest BCUT2D eigenvalue weighted by atomic mass is 9.95. The second kappa shape index (κ2) is 4.96. The van der Waals surface area contributed by atoms with Crippen molar-refractivity contribution in [3.8, 4) is 0 Å². The molecule has 19 heavy (non-hydrogen) atoms. The summed E-state index contributed by atoms with van der Waals surface area (Å²) in [5, 5.41) is 1.13. The molecule has 0 amide bonds. The second-order valence-corrected chi connectivity index (χ2v) is 5.43. The molecule has 3 N–H and O–H groups in total. The lowest BCUT2D eigenvalue weighted by molar-refractivity contribution is 0.116. The Morgan fingerprint density at radius 3 is 2.89 bits per heavy atom. The van der Waals surface area contributed by atoms with Crippen molar-refractivity contribution in [2.45, 2.75) is 32.4 Å². The second-order valence-electron chi connectivity index (χ2n) is 5.43. The van der Waals surface area contributed by atoms with E-state index in [4.69, 9.17) is 15.0 Å². The van der Waals surface area contributed by atoms with Gasteiger partial charge >= 0.3 is 0 Å². The van der Waals surface area contributed by atoms with Crippen LogP contribution in [-0.2, 0) is 4.74 Å². The summed E-state index contributed by atoms with van der Waals surface area (Å²) in [5.74, 6) is 6.98. The Kier molecular flexibility index (Phi) is 3.31. The van der Waals surface area contributed by atoms with E-state index in [0.717, 1.165) is 35.3 Å². The van der Waals surface area contributed by atoms with Gasteiger partial charge in [0.25, 0.3) is 0 Å². The summed E-state index contributed by atoms with van der Waals surface area (Å²) in [6.07, 6.45) is 1.30. The number of furan rings is 1. The van der Waals surface area contributed by atoms with Gasteiger partial charge in [-0.3, -0.25) is 5.84 Å². The van der Waals surface area contributed by atoms with Gasteiger partial charge in [-0.15, -0.1) is 0 Å². The predicted molar refractivity (Wildman–Crippen MR) is 74.5 cm³/mol. The van der Waals surface area contributed by atoms with Crippen molar-refractivity contribution in [1.82, 2.24) is 5.43 Å². The summed E-state index contributed by atoms with van der Waals surface area (Å²) in [5.41, 5.74) is 4.98. The van der Waals surface area contributed by atoms with Gasteiger partial charge in [-0.2, -0.15) is 0 Å². The van der Waals surface area contributed by atoms with E-state index in [1.807, 2.05) is 6.07 Å². The standard InChI is InChI=1S/C15H20N2O2/c1-9-4-3-5-11-7-13(19-15(9)11)14(17-16)12-6-10(2)18-8-12/h3-5,7,10,12,14,17H,6,8,16H2,1-2H3. The first kappa shape index (κ1) is 12.7. The lowest BCUT2D eigenvalue weighted by Gasteiger charge is -2.19. The van der Waals surface area contributed by atoms with Gasteiger partial charge in [0.15, 0.2) is 0 Å². The van der Waals surface area contributed by atoms with Gasteiger partial charge < -0.3 is 9.15 Å². The SMILES string of the molecule is Cc1cccc2cc(C(NN)C3COC(C)C3)oc12. The zero-order valence-corrected chi connectivity index (χ0v) is 11.3. The fourth-order valence-electron chi connectivity index (χ4n) is 2.92. The third-order valence-electron chi connectivity index (χ3n) is 3.95. The number of hydrazine groups is 1. The van der Waals surface area contributed by atoms with E-state index in [2.05, 4.69) is 37.5 Å². The van der Waals surface area contributed by atoms with Gasteiger partial charge in [-0.1, -0.05) is 18.2 Å². The first-order valence-electron chi connectivity index (χ1n) is 6.76. The molecule has 1 aliphatic heterocycles. The van der Waals surface area contributed by atoms with Crippen LogP contribution in [0.5, 0.6) is 0 Å². The fourth-order valence-corrected chi connectivity index (χ4v) is 2.92. The first-order chi connectivity index (χ1) is 9.19. The van der Waals surface area contributed by atoms with E-state index in [-0.39, 0.29) is 6.04 Å². The average Bonchev–Trinajstić information content (AvgIpc) is 2.98. The van der Waals surface area contributed by atoms with Gasteiger partial charge in [0, 0.05) is 11.3 Å². The molecule has 2 heterocycles. The maximum absolute atomic E-state index is 6.00. The van der Waals surface area contributed by atoms with Crippen LogP contribution >= 0.6 is 0 Å². The molecule has 4 heteroatoms. The topological polar surface area (TPSA) is 60.4 Å². The molecule has 0 saturated carbocycles. The molecule has 1 fully saturated rings. The highest BCUT2D eigenvalue weighted by Gasteiger charge is 2.32. The van der Waals surface area contributed by atoms with Crippen molar-refractivity contribution in [3.05, 3.63) is 35.6 Å². The Morgan fingerprint density at radius 1 is 1.42 bits per heavy atom. The van der Waals surface area contributed by atoms with E-state index >= 15 is 0 Å². The average molecular weight is 260 g/mol. The monoisotopic (exact) mass is 260 g/mol. The predicted octanol–water partition coefficient (Wildman–Crippen LogP) is 2.67. The summed E-state index contributed by atoms with van der Waals surface area (Å²) >= 11 is 0. The van der Waals surface area contributed by atoms with E-state index in [1.165, 1.54) is 0 Å². The lowest BCUT2D eigenvalue weighted by Crippen LogP contribution is -2.33. The van der Waals surface area contributed by atoms with Crippen LogP contribution < -0.4 is 11.3 Å². The maximum atomic E-state index is 6.00. The number of fused-ring (bicyclic) bond motifs is 1. The van der Waals surface area contributed by atoms with Crippen molar-refractivity contribution in [2.24, 2.45) is 11.8 Å². The van der Waals surface area contributed by atoms with E-state index in [1.54, 1.807) is 0 Å². The van der Waals surface area contributed by atoms with Gasteiger partial charge in [0.05, 0.1) is 18.8 Å². The van der Waals surface area contributed by atoms with Crippen molar-refractivity contribution in [3.63, 3.8) is 0 Å². The smallest absolute Gasteiger partial charge is 0.137 e. The molecule has 2 aromatic rings. The van der Waals surface area contributed by atoms with Crippen LogP contribution in [0.15, 0.2) is 28.7 Å². The van der Waals surface area contributed by atoms with Crippen molar-refractivity contribution in [1.29, 1.82) is 0 Å². The van der Waals surface area contributed by atoms with Crippen LogP contribution in [0.4, 0.5) is 0 Å². The fraction of sp³-hybridized carbons (Fsp3) is 0.467. The zero-order chi connectivity index (χ0) is 13.4. The molecule has 0 spiro atoms. The Balaban J connectivity index is 1.95. The van der Waals surface area contributed by atoms with Crippen molar-refractivity contribution < 1.29 is 9.15 Å². The maximum Gasteiger partial charge on any atom is 0.137 e. The van der Waals surface area contributed by atoms with Crippen LogP contribution in [-0.4, -0.2) is 12.7 Å². The Morgan fingerprint density at radius 2 is 2.26 bits per heavy atom. The molecule has 0 bridgehead atoms. The molecule has 102 valence electrons. The molecule has 0 aliphatic carbocycles. The van der Waals surface area contributed by atoms with Gasteiger partial charge in [-0.25, -0.2) is 5.43 Å². The number of nitrogens with one attached hydrogen (secondary N) is 1. The number of ether oxygens (including phenoxy) is 1. The van der Waals surface area contributed by atoms with Crippen LogP contribution in [0.25, 0.3) is 11.0 Å². The Hall–Kier alpha value is -1.36. The van der Waals surface area contributed by atoms with E-state index in [0.29, 0.717) is 12.0 Å². The number of benzene rings is 1. The number of rotatable bonds is 3. The molecule has 1 aliphatic rings. The minimum absolute atomic E-state index is 0.0109. The molecular weight excluding hydrogens is 240 g/mol. The molecular formula is C15H20N2O2. The first-order valence-corrected chi connectivity index (χ1v) is 6.76. The van der Waals surface area contributed by atoms with Crippen LogP contribution in [0.2, 0.25) is 0 Å². The number of aryl methyl sites for hydroxylation is 1. The minimum atomic E-state index is 0.0109.